The van der Waals surface area contributed by atoms with E-state index in [2.05, 4.69) is 47.2 Å². The van der Waals surface area contributed by atoms with Crippen molar-refractivity contribution >= 4 is 27.3 Å². The average Bonchev–Trinajstić information content (AvgIpc) is 2.76. The van der Waals surface area contributed by atoms with Crippen molar-refractivity contribution in [2.45, 2.75) is 25.9 Å². The van der Waals surface area contributed by atoms with Crippen LogP contribution in [0.2, 0.25) is 0 Å². The van der Waals surface area contributed by atoms with E-state index in [9.17, 15) is 4.39 Å². The Kier molecular flexibility index (Phi) is 4.54. The van der Waals surface area contributed by atoms with Crippen LogP contribution in [-0.4, -0.2) is 0 Å². The van der Waals surface area contributed by atoms with Gasteiger partial charge in [-0.2, -0.15) is 0 Å². The molecular formula is C14H15BrFNS. The fourth-order valence-corrected chi connectivity index (χ4v) is 3.30. The highest BCUT2D eigenvalue weighted by Crippen LogP contribution is 2.28. The first kappa shape index (κ1) is 13.7. The van der Waals surface area contributed by atoms with Crippen molar-refractivity contribution in [3.63, 3.8) is 0 Å². The second kappa shape index (κ2) is 5.95. The van der Waals surface area contributed by atoms with E-state index in [4.69, 9.17) is 0 Å². The Hall–Kier alpha value is -0.710. The average molecular weight is 328 g/mol. The van der Waals surface area contributed by atoms with E-state index in [-0.39, 0.29) is 17.9 Å². The van der Waals surface area contributed by atoms with Crippen molar-refractivity contribution in [2.24, 2.45) is 0 Å². The van der Waals surface area contributed by atoms with Gasteiger partial charge >= 0.3 is 0 Å². The summed E-state index contributed by atoms with van der Waals surface area (Å²) in [6.45, 7) is 4.23. The molecule has 4 heteroatoms. The number of benzene rings is 1. The van der Waals surface area contributed by atoms with Crippen LogP contribution in [0, 0.1) is 5.82 Å². The van der Waals surface area contributed by atoms with E-state index >= 15 is 0 Å². The third kappa shape index (κ3) is 3.40. The monoisotopic (exact) mass is 327 g/mol. The van der Waals surface area contributed by atoms with Crippen LogP contribution in [0.25, 0.3) is 0 Å². The van der Waals surface area contributed by atoms with Crippen molar-refractivity contribution in [3.05, 3.63) is 56.4 Å². The number of halogens is 2. The van der Waals surface area contributed by atoms with Gasteiger partial charge in [0.2, 0.25) is 0 Å². The van der Waals surface area contributed by atoms with E-state index in [0.717, 1.165) is 9.35 Å². The molecule has 2 unspecified atom stereocenters. The molecule has 0 saturated carbocycles. The lowest BCUT2D eigenvalue weighted by atomic mass is 10.1. The molecule has 0 aliphatic rings. The van der Waals surface area contributed by atoms with Gasteiger partial charge < -0.3 is 5.32 Å². The van der Waals surface area contributed by atoms with Crippen molar-refractivity contribution in [1.29, 1.82) is 0 Å². The minimum atomic E-state index is -0.193. The number of hydrogen-bond acceptors (Lipinski definition) is 2. The number of thiophene rings is 1. The highest BCUT2D eigenvalue weighted by Gasteiger charge is 2.12. The van der Waals surface area contributed by atoms with Gasteiger partial charge in [-0.25, -0.2) is 4.39 Å². The Morgan fingerprint density at radius 2 is 1.72 bits per heavy atom. The molecule has 2 atom stereocenters. The van der Waals surface area contributed by atoms with Crippen LogP contribution in [0.1, 0.15) is 36.4 Å². The minimum Gasteiger partial charge on any atom is -0.303 e. The quantitative estimate of drug-likeness (QED) is 0.827. The SMILES string of the molecule is CC(NC(C)c1ccc(Br)s1)c1ccc(F)cc1. The number of hydrogen-bond donors (Lipinski definition) is 1. The van der Waals surface area contributed by atoms with Crippen LogP contribution >= 0.6 is 27.3 Å². The molecule has 0 fully saturated rings. The van der Waals surface area contributed by atoms with Crippen LogP contribution in [0.5, 0.6) is 0 Å². The van der Waals surface area contributed by atoms with Crippen molar-refractivity contribution in [3.8, 4) is 0 Å². The smallest absolute Gasteiger partial charge is 0.123 e. The molecule has 1 aromatic heterocycles. The second-order valence-corrected chi connectivity index (χ2v) is 6.80. The predicted molar refractivity (Wildman–Crippen MR) is 78.4 cm³/mol. The molecule has 0 amide bonds. The lowest BCUT2D eigenvalue weighted by Crippen LogP contribution is -2.21. The maximum atomic E-state index is 12.9. The maximum absolute atomic E-state index is 12.9. The zero-order valence-electron chi connectivity index (χ0n) is 10.3. The molecule has 0 aliphatic carbocycles. The third-order valence-electron chi connectivity index (χ3n) is 2.89. The van der Waals surface area contributed by atoms with Gasteiger partial charge in [-0.15, -0.1) is 11.3 Å². The molecule has 1 nitrogen and oxygen atoms in total. The maximum Gasteiger partial charge on any atom is 0.123 e. The zero-order chi connectivity index (χ0) is 13.1. The highest BCUT2D eigenvalue weighted by molar-refractivity contribution is 9.11. The second-order valence-electron chi connectivity index (χ2n) is 4.30. The van der Waals surface area contributed by atoms with Crippen LogP contribution in [0.15, 0.2) is 40.2 Å². The molecule has 0 aliphatic heterocycles. The molecule has 18 heavy (non-hydrogen) atoms. The first-order valence-electron chi connectivity index (χ1n) is 5.83. The summed E-state index contributed by atoms with van der Waals surface area (Å²) in [6.07, 6.45) is 0. The number of nitrogens with one attached hydrogen (secondary N) is 1. The van der Waals surface area contributed by atoms with E-state index in [1.165, 1.54) is 17.0 Å². The molecule has 1 heterocycles. The fraction of sp³-hybridized carbons (Fsp3) is 0.286. The summed E-state index contributed by atoms with van der Waals surface area (Å²) < 4.78 is 14.0. The minimum absolute atomic E-state index is 0.193. The Morgan fingerprint density at radius 1 is 1.06 bits per heavy atom. The van der Waals surface area contributed by atoms with Gasteiger partial charge in [0.15, 0.2) is 0 Å². The topological polar surface area (TPSA) is 12.0 Å². The van der Waals surface area contributed by atoms with Crippen LogP contribution in [0.3, 0.4) is 0 Å². The predicted octanol–water partition coefficient (Wildman–Crippen LogP) is 5.06. The van der Waals surface area contributed by atoms with Gasteiger partial charge in [-0.1, -0.05) is 12.1 Å². The number of rotatable bonds is 4. The molecule has 0 saturated heterocycles. The molecule has 2 aromatic rings. The zero-order valence-corrected chi connectivity index (χ0v) is 12.7. The van der Waals surface area contributed by atoms with E-state index in [1.54, 1.807) is 11.3 Å². The summed E-state index contributed by atoms with van der Waals surface area (Å²) in [7, 11) is 0. The standard InChI is InChI=1S/C14H15BrFNS/c1-9(11-3-5-12(16)6-4-11)17-10(2)13-7-8-14(15)18-13/h3-10,17H,1-2H3. The van der Waals surface area contributed by atoms with Crippen LogP contribution in [-0.2, 0) is 0 Å². The van der Waals surface area contributed by atoms with Gasteiger partial charge in [0, 0.05) is 17.0 Å². The molecular weight excluding hydrogens is 313 g/mol. The lowest BCUT2D eigenvalue weighted by Gasteiger charge is -2.19. The molecule has 2 rings (SSSR count). The van der Waals surface area contributed by atoms with Crippen molar-refractivity contribution in [2.75, 3.05) is 0 Å². The summed E-state index contributed by atoms with van der Waals surface area (Å²) in [5.74, 6) is -0.193. The Labute approximate surface area is 119 Å². The van der Waals surface area contributed by atoms with Crippen molar-refractivity contribution < 1.29 is 4.39 Å². The molecule has 0 spiro atoms. The first-order valence-corrected chi connectivity index (χ1v) is 7.44. The molecule has 1 aromatic carbocycles. The highest BCUT2D eigenvalue weighted by atomic mass is 79.9. The fourth-order valence-electron chi connectivity index (χ4n) is 1.87. The van der Waals surface area contributed by atoms with Gasteiger partial charge in [0.1, 0.15) is 5.82 Å². The van der Waals surface area contributed by atoms with Crippen LogP contribution < -0.4 is 5.32 Å². The van der Waals surface area contributed by atoms with Gasteiger partial charge in [-0.05, 0) is 59.6 Å². The lowest BCUT2D eigenvalue weighted by molar-refractivity contribution is 0.499. The summed E-state index contributed by atoms with van der Waals surface area (Å²) in [5, 5.41) is 3.51. The van der Waals surface area contributed by atoms with Gasteiger partial charge in [0.05, 0.1) is 3.79 Å². The van der Waals surface area contributed by atoms with Gasteiger partial charge in [-0.3, -0.25) is 0 Å². The van der Waals surface area contributed by atoms with E-state index < -0.39 is 0 Å². The first-order chi connectivity index (χ1) is 8.56. The molecule has 1 N–H and O–H groups in total. The largest absolute Gasteiger partial charge is 0.303 e. The Bertz CT molecular complexity index is 509. The summed E-state index contributed by atoms with van der Waals surface area (Å²) >= 11 is 5.20. The molecule has 0 bridgehead atoms. The third-order valence-corrected chi connectivity index (χ3v) is 4.70. The van der Waals surface area contributed by atoms with E-state index in [0.29, 0.717) is 0 Å². The van der Waals surface area contributed by atoms with Crippen molar-refractivity contribution in [1.82, 2.24) is 5.32 Å². The van der Waals surface area contributed by atoms with Gasteiger partial charge in [0.25, 0.3) is 0 Å². The van der Waals surface area contributed by atoms with Crippen LogP contribution in [0.4, 0.5) is 4.39 Å². The van der Waals surface area contributed by atoms with E-state index in [1.807, 2.05) is 12.1 Å². The molecule has 96 valence electrons. The summed E-state index contributed by atoms with van der Waals surface area (Å²) in [4.78, 5) is 1.29. The Morgan fingerprint density at radius 3 is 2.28 bits per heavy atom. The molecule has 0 radical (unpaired) electrons. The Balaban J connectivity index is 2.02. The summed E-state index contributed by atoms with van der Waals surface area (Å²) in [5.41, 5.74) is 1.10. The summed E-state index contributed by atoms with van der Waals surface area (Å²) in [6, 6.07) is 11.3. The normalized spacial score (nSPS) is 14.4.